The Balaban J connectivity index is 1.21. The van der Waals surface area contributed by atoms with Gasteiger partial charge in [0.1, 0.15) is 0 Å². The van der Waals surface area contributed by atoms with Gasteiger partial charge in [0, 0.05) is 0 Å². The number of carbonyl (C=O) groups is 1. The highest BCUT2D eigenvalue weighted by Crippen LogP contribution is 2.69. The average molecular weight is 612 g/mol. The van der Waals surface area contributed by atoms with E-state index in [0.717, 1.165) is 57.4 Å². The Morgan fingerprint density at radius 1 is 1.05 bits per heavy atom. The number of fused-ring (bicyclic) bond motifs is 5. The quantitative estimate of drug-likeness (QED) is 0.347. The van der Waals surface area contributed by atoms with Crippen LogP contribution in [0.2, 0.25) is 0 Å². The number of ether oxygens (including phenoxy) is 1. The second kappa shape index (κ2) is 11.6. The Morgan fingerprint density at radius 2 is 1.74 bits per heavy atom. The van der Waals surface area contributed by atoms with Gasteiger partial charge in [0.05, 0.1) is 23.7 Å². The molecule has 0 aliphatic heterocycles. The van der Waals surface area contributed by atoms with Crippen LogP contribution >= 0.6 is 0 Å². The fourth-order valence-corrected chi connectivity index (χ4v) is 11.2. The maximum atomic E-state index is 13.5. The van der Waals surface area contributed by atoms with Crippen molar-refractivity contribution in [2.45, 2.75) is 103 Å². The van der Waals surface area contributed by atoms with E-state index in [4.69, 9.17) is 4.74 Å². The molecule has 1 aromatic carbocycles. The third-order valence-corrected chi connectivity index (χ3v) is 13.7. The number of rotatable bonds is 7. The molecule has 11 atom stereocenters. The first-order valence-electron chi connectivity index (χ1n) is 15.7. The number of halogens is 2. The van der Waals surface area contributed by atoms with Gasteiger partial charge in [-0.2, -0.15) is 0 Å². The van der Waals surface area contributed by atoms with E-state index < -0.39 is 32.6 Å². The number of amides is 1. The van der Waals surface area contributed by atoms with Crippen molar-refractivity contribution < 1.29 is 36.9 Å². The van der Waals surface area contributed by atoms with Crippen molar-refractivity contribution in [3.8, 4) is 0 Å². The van der Waals surface area contributed by atoms with Crippen molar-refractivity contribution in [1.82, 2.24) is 4.72 Å². The number of nitrogens with one attached hydrogen (secondary N) is 1. The molecule has 10 heteroatoms. The number of benzene rings is 1. The summed E-state index contributed by atoms with van der Waals surface area (Å²) in [5, 5.41) is 22.4. The van der Waals surface area contributed by atoms with E-state index in [2.05, 4.69) is 27.7 Å². The van der Waals surface area contributed by atoms with Crippen molar-refractivity contribution in [2.24, 2.45) is 52.3 Å². The predicted molar refractivity (Wildman–Crippen MR) is 154 cm³/mol. The molecule has 4 saturated carbocycles. The van der Waals surface area contributed by atoms with Gasteiger partial charge >= 0.3 is 6.09 Å². The van der Waals surface area contributed by atoms with Crippen molar-refractivity contribution in [2.75, 3.05) is 6.61 Å². The van der Waals surface area contributed by atoms with Crippen LogP contribution in [-0.2, 0) is 14.8 Å². The van der Waals surface area contributed by atoms with Gasteiger partial charge in [-0.05, 0) is 122 Å². The molecule has 0 aromatic heterocycles. The fourth-order valence-electron chi connectivity index (χ4n) is 10.3. The van der Waals surface area contributed by atoms with Gasteiger partial charge in [-0.1, -0.05) is 34.1 Å². The minimum absolute atomic E-state index is 0.0339. The molecule has 42 heavy (non-hydrogen) atoms. The zero-order chi connectivity index (χ0) is 30.6. The Hall–Kier alpha value is -1.78. The monoisotopic (exact) mass is 611 g/mol. The Kier molecular flexibility index (Phi) is 8.75. The van der Waals surface area contributed by atoms with Crippen LogP contribution in [0.25, 0.3) is 0 Å². The standard InChI is InChI=1S/C32H47F2NO6S/c1-5-21-25-16-19(36)10-13-32(25,4)24-11-14-31(3)22(7-8-23(31)28(24)29(21)37)18(2)12-15-41-30(38)35-42(39,40)20-6-9-26(33)27(34)17-20/h6,9,17-19,21-25,28-29,36-37H,5,7-8,10-16H2,1-4H3,(H,35,38)/t18-,19-,21-,22-,23+,24+,25+,28+,29-,31-,32-/m1/s1. The van der Waals surface area contributed by atoms with Crippen LogP contribution < -0.4 is 4.72 Å². The maximum Gasteiger partial charge on any atom is 0.421 e. The lowest BCUT2D eigenvalue weighted by Crippen LogP contribution is -2.62. The molecule has 0 bridgehead atoms. The second-order valence-corrected chi connectivity index (χ2v) is 15.9. The number of aliphatic hydroxyl groups excluding tert-OH is 2. The lowest BCUT2D eigenvalue weighted by atomic mass is 9.41. The zero-order valence-corrected chi connectivity index (χ0v) is 26.0. The predicted octanol–water partition coefficient (Wildman–Crippen LogP) is 6.03. The summed E-state index contributed by atoms with van der Waals surface area (Å²) in [4.78, 5) is 11.7. The van der Waals surface area contributed by atoms with Gasteiger partial charge in [-0.3, -0.25) is 0 Å². The molecule has 0 spiro atoms. The van der Waals surface area contributed by atoms with Crippen LogP contribution in [-0.4, -0.2) is 43.5 Å². The molecule has 0 heterocycles. The topological polar surface area (TPSA) is 113 Å². The number of carbonyl (C=O) groups excluding carboxylic acids is 1. The van der Waals surface area contributed by atoms with Gasteiger partial charge in [-0.15, -0.1) is 0 Å². The van der Waals surface area contributed by atoms with E-state index in [0.29, 0.717) is 42.2 Å². The molecule has 4 aliphatic rings. The summed E-state index contributed by atoms with van der Waals surface area (Å²) in [7, 11) is -4.40. The summed E-state index contributed by atoms with van der Waals surface area (Å²) in [6.07, 6.45) is 6.68. The van der Waals surface area contributed by atoms with Crippen molar-refractivity contribution in [3.63, 3.8) is 0 Å². The zero-order valence-electron chi connectivity index (χ0n) is 25.2. The third kappa shape index (κ3) is 5.38. The molecule has 1 amide bonds. The maximum absolute atomic E-state index is 13.5. The molecule has 5 rings (SSSR count). The smallest absolute Gasteiger partial charge is 0.421 e. The first-order chi connectivity index (χ1) is 19.7. The molecule has 3 N–H and O–H groups in total. The van der Waals surface area contributed by atoms with Crippen molar-refractivity contribution in [3.05, 3.63) is 29.8 Å². The molecule has 236 valence electrons. The largest absolute Gasteiger partial charge is 0.449 e. The fraction of sp³-hybridized carbons (Fsp3) is 0.781. The van der Waals surface area contributed by atoms with Crippen LogP contribution in [0.15, 0.2) is 23.1 Å². The molecule has 0 saturated heterocycles. The number of hydrogen-bond donors (Lipinski definition) is 3. The summed E-state index contributed by atoms with van der Waals surface area (Å²) < 4.78 is 58.4. The molecule has 0 radical (unpaired) electrons. The summed E-state index contributed by atoms with van der Waals surface area (Å²) in [6.45, 7) is 9.19. The van der Waals surface area contributed by atoms with E-state index in [1.165, 1.54) is 0 Å². The van der Waals surface area contributed by atoms with Crippen molar-refractivity contribution >= 4 is 16.1 Å². The van der Waals surface area contributed by atoms with Crippen LogP contribution in [0.4, 0.5) is 13.6 Å². The van der Waals surface area contributed by atoms with Gasteiger partial charge in [-0.25, -0.2) is 26.7 Å². The van der Waals surface area contributed by atoms with E-state index in [1.807, 2.05) is 0 Å². The highest BCUT2D eigenvalue weighted by atomic mass is 32.2. The first kappa shape index (κ1) is 31.6. The molecule has 4 fully saturated rings. The summed E-state index contributed by atoms with van der Waals surface area (Å²) in [6, 6.07) is 2.09. The summed E-state index contributed by atoms with van der Waals surface area (Å²) >= 11 is 0. The van der Waals surface area contributed by atoms with E-state index in [1.54, 1.807) is 4.72 Å². The molecular formula is C32H47F2NO6S. The third-order valence-electron chi connectivity index (χ3n) is 12.4. The first-order valence-corrected chi connectivity index (χ1v) is 17.2. The number of sulfonamides is 1. The number of hydrogen-bond acceptors (Lipinski definition) is 6. The van der Waals surface area contributed by atoms with Crippen LogP contribution in [0.5, 0.6) is 0 Å². The summed E-state index contributed by atoms with van der Waals surface area (Å²) in [5.41, 5.74) is 0.214. The van der Waals surface area contributed by atoms with Crippen molar-refractivity contribution in [1.29, 1.82) is 0 Å². The van der Waals surface area contributed by atoms with E-state index >= 15 is 0 Å². The lowest BCUT2D eigenvalue weighted by molar-refractivity contribution is -0.203. The van der Waals surface area contributed by atoms with Gasteiger partial charge < -0.3 is 14.9 Å². The molecule has 0 unspecified atom stereocenters. The number of aliphatic hydroxyl groups is 2. The van der Waals surface area contributed by atoms with E-state index in [9.17, 15) is 32.2 Å². The SMILES string of the molecule is CC[C@H]1[C@@H](O)[C@@H]2[C@H](CC[C@]3(C)[C@@H]([C@H](C)CCOC(=O)NS(=O)(=O)c4ccc(F)c(F)c4)CC[C@@H]23)[C@@]2(C)CC[C@@H](O)C[C@@H]12. The molecule has 7 nitrogen and oxygen atoms in total. The second-order valence-electron chi connectivity index (χ2n) is 14.2. The Labute approximate surface area is 248 Å². The Bertz CT molecular complexity index is 1280. The minimum atomic E-state index is -4.40. The van der Waals surface area contributed by atoms with Gasteiger partial charge in [0.2, 0.25) is 0 Å². The van der Waals surface area contributed by atoms with Gasteiger partial charge in [0.15, 0.2) is 11.6 Å². The van der Waals surface area contributed by atoms with Crippen LogP contribution in [0.1, 0.15) is 85.5 Å². The highest BCUT2D eigenvalue weighted by Gasteiger charge is 2.64. The van der Waals surface area contributed by atoms with E-state index in [-0.39, 0.29) is 47.4 Å². The minimum Gasteiger partial charge on any atom is -0.449 e. The molecule has 1 aromatic rings. The summed E-state index contributed by atoms with van der Waals surface area (Å²) in [5.74, 6) is -0.184. The Morgan fingerprint density at radius 3 is 2.43 bits per heavy atom. The average Bonchev–Trinajstić information content (AvgIpc) is 3.28. The normalized spacial score (nSPS) is 40.4. The van der Waals surface area contributed by atoms with Crippen LogP contribution in [0, 0.1) is 63.9 Å². The lowest BCUT2D eigenvalue weighted by Gasteiger charge is -2.64. The molecular weight excluding hydrogens is 564 g/mol. The molecule has 4 aliphatic carbocycles. The van der Waals surface area contributed by atoms with Gasteiger partial charge in [0.25, 0.3) is 10.0 Å². The highest BCUT2D eigenvalue weighted by molar-refractivity contribution is 7.90. The van der Waals surface area contributed by atoms with Crippen LogP contribution in [0.3, 0.4) is 0 Å².